The summed E-state index contributed by atoms with van der Waals surface area (Å²) in [6.45, 7) is 3.22. The van der Waals surface area contributed by atoms with Gasteiger partial charge in [-0.05, 0) is 19.9 Å². The molecule has 0 heterocycles. The van der Waals surface area contributed by atoms with Crippen LogP contribution in [0.15, 0.2) is 6.07 Å². The average Bonchev–Trinajstić information content (AvgIpc) is 2.25. The number of methoxy groups -OCH3 is 1. The van der Waals surface area contributed by atoms with E-state index >= 15 is 0 Å². The molecule has 0 aromatic heterocycles. The highest BCUT2D eigenvalue weighted by molar-refractivity contribution is 6.33. The number of halogens is 2. The van der Waals surface area contributed by atoms with Gasteiger partial charge in [0.2, 0.25) is 0 Å². The largest absolute Gasteiger partial charge is 0.504 e. The number of rotatable bonds is 2. The highest BCUT2D eigenvalue weighted by Crippen LogP contribution is 2.42. The van der Waals surface area contributed by atoms with Gasteiger partial charge in [-0.25, -0.2) is 4.39 Å². The third-order valence-electron chi connectivity index (χ3n) is 2.31. The van der Waals surface area contributed by atoms with Crippen LogP contribution in [-0.4, -0.2) is 12.2 Å². The topological polar surface area (TPSA) is 53.2 Å². The number of phenolic OH excluding ortho intramolecular Hbond substituents is 1. The van der Waals surface area contributed by atoms with Crippen LogP contribution in [0.3, 0.4) is 0 Å². The van der Waals surface area contributed by atoms with Crippen molar-refractivity contribution >= 4 is 11.6 Å². The number of aromatic hydroxyl groups is 1. The lowest BCUT2D eigenvalue weighted by molar-refractivity contribution is 0.386. The maximum absolute atomic E-state index is 13.3. The van der Waals surface area contributed by atoms with Crippen molar-refractivity contribution in [2.75, 3.05) is 7.11 Å². The van der Waals surface area contributed by atoms with E-state index in [1.165, 1.54) is 7.11 Å². The number of nitriles is 1. The highest BCUT2D eigenvalue weighted by Gasteiger charge is 2.28. The predicted molar refractivity (Wildman–Crippen MR) is 58.3 cm³/mol. The SMILES string of the molecule is COc1c(C(C)(C)C#N)cc(F)c(O)c1Cl. The molecule has 0 saturated carbocycles. The minimum absolute atomic E-state index is 0.118. The second kappa shape index (κ2) is 4.18. The Hall–Kier alpha value is -1.47. The monoisotopic (exact) mass is 243 g/mol. The van der Waals surface area contributed by atoms with E-state index in [9.17, 15) is 9.50 Å². The zero-order chi connectivity index (χ0) is 12.5. The highest BCUT2D eigenvalue weighted by atomic mass is 35.5. The summed E-state index contributed by atoms with van der Waals surface area (Å²) < 4.78 is 18.3. The van der Waals surface area contributed by atoms with Crippen LogP contribution >= 0.6 is 11.6 Å². The van der Waals surface area contributed by atoms with Crippen LogP contribution in [0.25, 0.3) is 0 Å². The normalized spacial score (nSPS) is 11.0. The first-order chi connectivity index (χ1) is 7.35. The maximum atomic E-state index is 13.3. The molecule has 0 amide bonds. The molecule has 1 aromatic rings. The van der Waals surface area contributed by atoms with Crippen molar-refractivity contribution < 1.29 is 14.2 Å². The Balaban J connectivity index is 3.59. The molecule has 1 rings (SSSR count). The summed E-state index contributed by atoms with van der Waals surface area (Å²) in [5.74, 6) is -1.42. The smallest absolute Gasteiger partial charge is 0.174 e. The van der Waals surface area contributed by atoms with Gasteiger partial charge < -0.3 is 9.84 Å². The van der Waals surface area contributed by atoms with Gasteiger partial charge in [0.25, 0.3) is 0 Å². The number of benzene rings is 1. The van der Waals surface area contributed by atoms with E-state index in [2.05, 4.69) is 0 Å². The number of hydrogen-bond acceptors (Lipinski definition) is 3. The van der Waals surface area contributed by atoms with Crippen molar-refractivity contribution in [1.29, 1.82) is 5.26 Å². The summed E-state index contributed by atoms with van der Waals surface area (Å²) in [5, 5.41) is 18.1. The van der Waals surface area contributed by atoms with E-state index in [1.807, 2.05) is 6.07 Å². The molecule has 0 unspecified atom stereocenters. The second-order valence-electron chi connectivity index (χ2n) is 3.84. The second-order valence-corrected chi connectivity index (χ2v) is 4.22. The quantitative estimate of drug-likeness (QED) is 0.869. The first kappa shape index (κ1) is 12.6. The molecule has 5 heteroatoms. The van der Waals surface area contributed by atoms with Gasteiger partial charge in [0.05, 0.1) is 18.6 Å². The standard InChI is InChI=1S/C11H11ClFNO2/c1-11(2,5-14)6-4-7(13)9(15)8(12)10(6)16-3/h4,15H,1-3H3. The van der Waals surface area contributed by atoms with Gasteiger partial charge in [0.15, 0.2) is 11.6 Å². The Morgan fingerprint density at radius 2 is 2.12 bits per heavy atom. The van der Waals surface area contributed by atoms with Crippen molar-refractivity contribution in [2.45, 2.75) is 19.3 Å². The first-order valence-corrected chi connectivity index (χ1v) is 4.89. The minimum Gasteiger partial charge on any atom is -0.504 e. The number of phenols is 1. The molecule has 0 spiro atoms. The Bertz CT molecular complexity index is 466. The summed E-state index contributed by atoms with van der Waals surface area (Å²) in [7, 11) is 1.34. The van der Waals surface area contributed by atoms with Crippen molar-refractivity contribution in [2.24, 2.45) is 0 Å². The molecule has 16 heavy (non-hydrogen) atoms. The number of hydrogen-bond donors (Lipinski definition) is 1. The minimum atomic E-state index is -0.955. The van der Waals surface area contributed by atoms with Crippen molar-refractivity contribution in [3.63, 3.8) is 0 Å². The van der Waals surface area contributed by atoms with E-state index < -0.39 is 17.0 Å². The predicted octanol–water partition coefficient (Wildman–Crippen LogP) is 2.99. The molecule has 1 aromatic carbocycles. The molecule has 0 atom stereocenters. The molecule has 0 bridgehead atoms. The van der Waals surface area contributed by atoms with Gasteiger partial charge in [0, 0.05) is 5.56 Å². The third kappa shape index (κ3) is 1.91. The average molecular weight is 244 g/mol. The molecule has 0 aliphatic rings. The van der Waals surface area contributed by atoms with E-state index in [0.717, 1.165) is 6.07 Å². The van der Waals surface area contributed by atoms with Crippen LogP contribution in [-0.2, 0) is 5.41 Å². The van der Waals surface area contributed by atoms with E-state index in [0.29, 0.717) is 5.56 Å². The lowest BCUT2D eigenvalue weighted by Gasteiger charge is -2.20. The van der Waals surface area contributed by atoms with Crippen LogP contribution in [0.4, 0.5) is 4.39 Å². The lowest BCUT2D eigenvalue weighted by atomic mass is 9.85. The lowest BCUT2D eigenvalue weighted by Crippen LogP contribution is -2.16. The fourth-order valence-corrected chi connectivity index (χ4v) is 1.58. The molecule has 0 saturated heterocycles. The number of ether oxygens (including phenoxy) is 1. The van der Waals surface area contributed by atoms with Gasteiger partial charge in [-0.1, -0.05) is 11.6 Å². The van der Waals surface area contributed by atoms with Gasteiger partial charge in [-0.2, -0.15) is 5.26 Å². The fraction of sp³-hybridized carbons (Fsp3) is 0.364. The van der Waals surface area contributed by atoms with Crippen LogP contribution in [0.2, 0.25) is 5.02 Å². The van der Waals surface area contributed by atoms with Gasteiger partial charge in [0.1, 0.15) is 10.8 Å². The Labute approximate surface area is 98.0 Å². The summed E-state index contributed by atoms with van der Waals surface area (Å²) in [4.78, 5) is 0. The van der Waals surface area contributed by atoms with Crippen LogP contribution in [0.5, 0.6) is 11.5 Å². The summed E-state index contributed by atoms with van der Waals surface area (Å²) in [6.07, 6.45) is 0. The van der Waals surface area contributed by atoms with E-state index in [-0.39, 0.29) is 10.8 Å². The third-order valence-corrected chi connectivity index (χ3v) is 2.66. The molecular formula is C11H11ClFNO2. The number of nitrogens with zero attached hydrogens (tertiary/aromatic N) is 1. The van der Waals surface area contributed by atoms with Crippen molar-refractivity contribution in [3.8, 4) is 17.6 Å². The zero-order valence-corrected chi connectivity index (χ0v) is 9.89. The van der Waals surface area contributed by atoms with Gasteiger partial charge in [-0.3, -0.25) is 0 Å². The van der Waals surface area contributed by atoms with Crippen LogP contribution in [0.1, 0.15) is 19.4 Å². The molecule has 0 fully saturated rings. The van der Waals surface area contributed by atoms with Gasteiger partial charge >= 0.3 is 0 Å². The zero-order valence-electron chi connectivity index (χ0n) is 9.14. The van der Waals surface area contributed by atoms with E-state index in [4.69, 9.17) is 21.6 Å². The summed E-state index contributed by atoms with van der Waals surface area (Å²) in [6, 6.07) is 3.08. The molecule has 3 nitrogen and oxygen atoms in total. The first-order valence-electron chi connectivity index (χ1n) is 4.51. The Morgan fingerprint density at radius 3 is 2.56 bits per heavy atom. The molecule has 0 aliphatic heterocycles. The van der Waals surface area contributed by atoms with Gasteiger partial charge in [-0.15, -0.1) is 0 Å². The van der Waals surface area contributed by atoms with Crippen molar-refractivity contribution in [1.82, 2.24) is 0 Å². The molecule has 0 aliphatic carbocycles. The molecule has 86 valence electrons. The van der Waals surface area contributed by atoms with E-state index in [1.54, 1.807) is 13.8 Å². The van der Waals surface area contributed by atoms with Crippen LogP contribution < -0.4 is 4.74 Å². The Morgan fingerprint density at radius 1 is 1.56 bits per heavy atom. The van der Waals surface area contributed by atoms with Crippen LogP contribution in [0, 0.1) is 17.1 Å². The summed E-state index contributed by atoms with van der Waals surface area (Å²) in [5.41, 5.74) is -0.651. The Kier molecular flexibility index (Phi) is 3.30. The molecule has 1 N–H and O–H groups in total. The fourth-order valence-electron chi connectivity index (χ4n) is 1.32. The molecule has 0 radical (unpaired) electrons. The molecular weight excluding hydrogens is 233 g/mol. The maximum Gasteiger partial charge on any atom is 0.174 e. The van der Waals surface area contributed by atoms with Crippen molar-refractivity contribution in [3.05, 3.63) is 22.5 Å². The summed E-state index contributed by atoms with van der Waals surface area (Å²) >= 11 is 5.74.